The standard InChI is InChI=1S/C10H18N2O/c1-4-9(12-3)10(13)6-5-8(2)7-11/h5-6,8,13H,3-4,7,11H2,1-2H3/b6-5-,10-9-. The van der Waals surface area contributed by atoms with Crippen LogP contribution >= 0.6 is 0 Å². The van der Waals surface area contributed by atoms with Crippen molar-refractivity contribution in [1.29, 1.82) is 0 Å². The molecule has 3 N–H and O–H groups in total. The van der Waals surface area contributed by atoms with Gasteiger partial charge in [0.25, 0.3) is 0 Å². The predicted octanol–water partition coefficient (Wildman–Crippen LogP) is 2.02. The summed E-state index contributed by atoms with van der Waals surface area (Å²) in [6, 6.07) is 0. The Morgan fingerprint density at radius 2 is 2.31 bits per heavy atom. The average molecular weight is 182 g/mol. The maximum atomic E-state index is 9.47. The first kappa shape index (κ1) is 11.9. The molecule has 1 unspecified atom stereocenters. The summed E-state index contributed by atoms with van der Waals surface area (Å²) in [4.78, 5) is 3.71. The molecule has 0 saturated heterocycles. The van der Waals surface area contributed by atoms with Gasteiger partial charge in [-0.15, -0.1) is 0 Å². The third-order valence-corrected chi connectivity index (χ3v) is 1.78. The van der Waals surface area contributed by atoms with Gasteiger partial charge in [0.15, 0.2) is 0 Å². The van der Waals surface area contributed by atoms with Crippen LogP contribution in [0.4, 0.5) is 0 Å². The lowest BCUT2D eigenvalue weighted by Gasteiger charge is -2.01. The Bertz CT molecular complexity index is 219. The summed E-state index contributed by atoms with van der Waals surface area (Å²) < 4.78 is 0. The average Bonchev–Trinajstić information content (AvgIpc) is 2.16. The molecule has 0 aliphatic carbocycles. The van der Waals surface area contributed by atoms with Crippen molar-refractivity contribution >= 4 is 6.72 Å². The van der Waals surface area contributed by atoms with Crippen molar-refractivity contribution in [3.63, 3.8) is 0 Å². The summed E-state index contributed by atoms with van der Waals surface area (Å²) in [6.45, 7) is 7.85. The van der Waals surface area contributed by atoms with Gasteiger partial charge >= 0.3 is 0 Å². The molecule has 0 radical (unpaired) electrons. The minimum Gasteiger partial charge on any atom is -0.506 e. The van der Waals surface area contributed by atoms with E-state index in [1.165, 1.54) is 0 Å². The second-order valence-electron chi connectivity index (χ2n) is 2.92. The number of hydrogen-bond donors (Lipinski definition) is 2. The maximum Gasteiger partial charge on any atom is 0.136 e. The number of hydrogen-bond acceptors (Lipinski definition) is 3. The van der Waals surface area contributed by atoms with Crippen molar-refractivity contribution in [2.24, 2.45) is 16.6 Å². The first-order valence-electron chi connectivity index (χ1n) is 4.42. The zero-order valence-electron chi connectivity index (χ0n) is 8.33. The van der Waals surface area contributed by atoms with Crippen LogP contribution in [0.5, 0.6) is 0 Å². The van der Waals surface area contributed by atoms with E-state index in [-0.39, 0.29) is 11.7 Å². The number of allylic oxidation sites excluding steroid dienone is 2. The second-order valence-corrected chi connectivity index (χ2v) is 2.92. The highest BCUT2D eigenvalue weighted by molar-refractivity contribution is 5.31. The zero-order valence-corrected chi connectivity index (χ0v) is 8.33. The molecule has 0 aliphatic heterocycles. The molecule has 0 aromatic rings. The van der Waals surface area contributed by atoms with Crippen LogP contribution in [0.15, 0.2) is 28.6 Å². The summed E-state index contributed by atoms with van der Waals surface area (Å²) in [6.07, 6.45) is 4.16. The van der Waals surface area contributed by atoms with E-state index in [1.54, 1.807) is 6.08 Å². The molecule has 0 aromatic heterocycles. The Morgan fingerprint density at radius 3 is 2.69 bits per heavy atom. The van der Waals surface area contributed by atoms with Gasteiger partial charge in [-0.2, -0.15) is 0 Å². The van der Waals surface area contributed by atoms with E-state index in [0.717, 1.165) is 0 Å². The lowest BCUT2D eigenvalue weighted by Crippen LogP contribution is -2.07. The molecule has 0 rings (SSSR count). The molecule has 74 valence electrons. The van der Waals surface area contributed by atoms with E-state index in [1.807, 2.05) is 19.9 Å². The third-order valence-electron chi connectivity index (χ3n) is 1.78. The van der Waals surface area contributed by atoms with Crippen molar-refractivity contribution in [3.8, 4) is 0 Å². The van der Waals surface area contributed by atoms with Crippen LogP contribution in [0.2, 0.25) is 0 Å². The molecule has 3 nitrogen and oxygen atoms in total. The number of nitrogens with zero attached hydrogens (tertiary/aromatic N) is 1. The lowest BCUT2D eigenvalue weighted by atomic mass is 10.1. The minimum atomic E-state index is 0.179. The van der Waals surface area contributed by atoms with Crippen LogP contribution in [0.1, 0.15) is 20.3 Å². The molecule has 0 saturated carbocycles. The largest absolute Gasteiger partial charge is 0.506 e. The monoisotopic (exact) mass is 182 g/mol. The van der Waals surface area contributed by atoms with E-state index in [2.05, 4.69) is 11.7 Å². The molecule has 0 spiro atoms. The fourth-order valence-corrected chi connectivity index (χ4v) is 0.804. The Morgan fingerprint density at radius 1 is 1.69 bits per heavy atom. The Labute approximate surface area is 79.7 Å². The number of aliphatic hydroxyl groups excluding tert-OH is 1. The van der Waals surface area contributed by atoms with Crippen molar-refractivity contribution < 1.29 is 5.11 Å². The quantitative estimate of drug-likeness (QED) is 0.388. The molecule has 0 bridgehead atoms. The number of aliphatic imine (C=N–C) groups is 1. The normalized spacial score (nSPS) is 15.6. The number of aliphatic hydroxyl groups is 1. The van der Waals surface area contributed by atoms with Gasteiger partial charge in [0, 0.05) is 0 Å². The predicted molar refractivity (Wildman–Crippen MR) is 56.9 cm³/mol. The fourth-order valence-electron chi connectivity index (χ4n) is 0.804. The molecule has 1 atom stereocenters. The van der Waals surface area contributed by atoms with Crippen LogP contribution < -0.4 is 5.73 Å². The van der Waals surface area contributed by atoms with Crippen LogP contribution in [0.3, 0.4) is 0 Å². The third kappa shape index (κ3) is 4.48. The van der Waals surface area contributed by atoms with Crippen molar-refractivity contribution in [1.82, 2.24) is 0 Å². The number of nitrogens with two attached hydrogens (primary N) is 1. The smallest absolute Gasteiger partial charge is 0.136 e. The maximum absolute atomic E-state index is 9.47. The fraction of sp³-hybridized carbons (Fsp3) is 0.500. The molecule has 0 aliphatic rings. The topological polar surface area (TPSA) is 58.6 Å². The summed E-state index contributed by atoms with van der Waals surface area (Å²) in [5.74, 6) is 0.447. The van der Waals surface area contributed by atoms with E-state index >= 15 is 0 Å². The van der Waals surface area contributed by atoms with Crippen molar-refractivity contribution in [3.05, 3.63) is 23.6 Å². The molecular weight excluding hydrogens is 164 g/mol. The SMILES string of the molecule is C=N/C(CC)=C(O)/C=C\C(C)CN. The number of rotatable bonds is 5. The van der Waals surface area contributed by atoms with Crippen LogP contribution in [0, 0.1) is 5.92 Å². The molecule has 13 heavy (non-hydrogen) atoms. The molecule has 0 aromatic carbocycles. The van der Waals surface area contributed by atoms with Gasteiger partial charge < -0.3 is 10.8 Å². The second kappa shape index (κ2) is 6.43. The zero-order chi connectivity index (χ0) is 10.3. The van der Waals surface area contributed by atoms with E-state index in [9.17, 15) is 5.11 Å². The van der Waals surface area contributed by atoms with E-state index < -0.39 is 0 Å². The van der Waals surface area contributed by atoms with Gasteiger partial charge in [-0.25, -0.2) is 0 Å². The van der Waals surface area contributed by atoms with Gasteiger partial charge in [0.1, 0.15) is 5.76 Å². The Kier molecular flexibility index (Phi) is 5.89. The summed E-state index contributed by atoms with van der Waals surface area (Å²) in [7, 11) is 0. The van der Waals surface area contributed by atoms with Crippen molar-refractivity contribution in [2.45, 2.75) is 20.3 Å². The minimum absolute atomic E-state index is 0.179. The highest BCUT2D eigenvalue weighted by Crippen LogP contribution is 2.09. The highest BCUT2D eigenvalue weighted by Gasteiger charge is 1.97. The van der Waals surface area contributed by atoms with Gasteiger partial charge in [0.2, 0.25) is 0 Å². The van der Waals surface area contributed by atoms with Crippen LogP contribution in [-0.2, 0) is 0 Å². The Hall–Kier alpha value is -1.09. The molecule has 0 heterocycles. The summed E-state index contributed by atoms with van der Waals surface area (Å²) in [5, 5.41) is 9.47. The lowest BCUT2D eigenvalue weighted by molar-refractivity contribution is 0.421. The van der Waals surface area contributed by atoms with Gasteiger partial charge in [-0.1, -0.05) is 19.9 Å². The molecular formula is C10H18N2O. The van der Waals surface area contributed by atoms with E-state index in [0.29, 0.717) is 18.7 Å². The summed E-state index contributed by atoms with van der Waals surface area (Å²) in [5.41, 5.74) is 6.03. The molecule has 0 fully saturated rings. The molecule has 3 heteroatoms. The van der Waals surface area contributed by atoms with Crippen LogP contribution in [-0.4, -0.2) is 18.4 Å². The van der Waals surface area contributed by atoms with Gasteiger partial charge in [0.05, 0.1) is 5.70 Å². The first-order chi connectivity index (χ1) is 6.15. The Balaban J connectivity index is 4.41. The van der Waals surface area contributed by atoms with Gasteiger partial charge in [-0.05, 0) is 31.7 Å². The summed E-state index contributed by atoms with van der Waals surface area (Å²) >= 11 is 0. The van der Waals surface area contributed by atoms with Crippen molar-refractivity contribution in [2.75, 3.05) is 6.54 Å². The first-order valence-corrected chi connectivity index (χ1v) is 4.42. The van der Waals surface area contributed by atoms with Crippen LogP contribution in [0.25, 0.3) is 0 Å². The highest BCUT2D eigenvalue weighted by atomic mass is 16.3. The van der Waals surface area contributed by atoms with E-state index in [4.69, 9.17) is 5.73 Å². The molecule has 0 amide bonds. The van der Waals surface area contributed by atoms with Gasteiger partial charge in [-0.3, -0.25) is 4.99 Å².